The lowest BCUT2D eigenvalue weighted by molar-refractivity contribution is -0.161. The minimum absolute atomic E-state index is 0.194. The van der Waals surface area contributed by atoms with Gasteiger partial charge < -0.3 is 4.90 Å². The first-order valence-corrected chi connectivity index (χ1v) is 11.3. The maximum Gasteiger partial charge on any atom is 0.228 e. The van der Waals surface area contributed by atoms with Crippen molar-refractivity contribution in [3.05, 3.63) is 0 Å². The Morgan fingerprint density at radius 3 is 2.26 bits per heavy atom. The highest BCUT2D eigenvalue weighted by Gasteiger charge is 2.17. The second kappa shape index (κ2) is 16.1. The fraction of sp³-hybridized carbons (Fsp3) is 0.909. The van der Waals surface area contributed by atoms with Crippen LogP contribution in [0, 0.1) is 0 Å². The van der Waals surface area contributed by atoms with Gasteiger partial charge in [0.25, 0.3) is 0 Å². The molecule has 1 heterocycles. The zero-order valence-corrected chi connectivity index (χ0v) is 18.2. The summed E-state index contributed by atoms with van der Waals surface area (Å²) in [5, 5.41) is 2.00. The number of unbranched alkanes of at least 4 members (excludes halogenated alkanes) is 9. The summed E-state index contributed by atoms with van der Waals surface area (Å²) in [6.45, 7) is 10.9. The van der Waals surface area contributed by atoms with Crippen LogP contribution in [0.1, 0.15) is 91.4 Å². The second-order valence-corrected chi connectivity index (χ2v) is 7.71. The lowest BCUT2D eigenvalue weighted by Crippen LogP contribution is -2.39. The minimum atomic E-state index is 0.194. The molecule has 0 aliphatic carbocycles. The number of hydrogen-bond donors (Lipinski definition) is 0. The number of hydrogen-bond acceptors (Lipinski definition) is 4. The molecule has 0 fully saturated rings. The molecule has 0 aromatic rings. The summed E-state index contributed by atoms with van der Waals surface area (Å²) in [6, 6.07) is 0. The van der Waals surface area contributed by atoms with E-state index in [1.807, 2.05) is 16.9 Å². The highest BCUT2D eigenvalue weighted by atomic mass is 16.7. The van der Waals surface area contributed by atoms with Crippen LogP contribution in [-0.4, -0.2) is 60.9 Å². The molecule has 1 rings (SSSR count). The summed E-state index contributed by atoms with van der Waals surface area (Å²) in [6.07, 6.45) is 13.9. The molecule has 5 nitrogen and oxygen atoms in total. The smallest absolute Gasteiger partial charge is 0.228 e. The average molecular weight is 382 g/mol. The fourth-order valence-electron chi connectivity index (χ4n) is 3.44. The van der Waals surface area contributed by atoms with E-state index in [0.717, 1.165) is 51.5 Å². The molecule has 0 atom stereocenters. The highest BCUT2D eigenvalue weighted by Crippen LogP contribution is 2.11. The number of carbonyl (C=O) groups is 1. The summed E-state index contributed by atoms with van der Waals surface area (Å²) in [4.78, 5) is 24.4. The van der Waals surface area contributed by atoms with E-state index in [1.165, 1.54) is 57.8 Å². The van der Waals surface area contributed by atoms with Crippen LogP contribution in [0.3, 0.4) is 0 Å². The maximum atomic E-state index is 12.2. The van der Waals surface area contributed by atoms with Crippen molar-refractivity contribution in [1.29, 1.82) is 0 Å². The van der Waals surface area contributed by atoms with E-state index in [0.29, 0.717) is 6.42 Å². The highest BCUT2D eigenvalue weighted by molar-refractivity contribution is 6.00. The predicted molar refractivity (Wildman–Crippen MR) is 114 cm³/mol. The van der Waals surface area contributed by atoms with Crippen LogP contribution in [0.25, 0.3) is 0 Å². The third-order valence-corrected chi connectivity index (χ3v) is 5.26. The molecule has 1 aliphatic heterocycles. The normalized spacial score (nSPS) is 15.3. The second-order valence-electron chi connectivity index (χ2n) is 7.71. The topological polar surface area (TPSA) is 45.1 Å². The number of hydroxylamine groups is 2. The van der Waals surface area contributed by atoms with Crippen LogP contribution in [-0.2, 0) is 9.63 Å². The van der Waals surface area contributed by atoms with E-state index in [2.05, 4.69) is 18.8 Å². The Morgan fingerprint density at radius 1 is 1.00 bits per heavy atom. The monoisotopic (exact) mass is 381 g/mol. The van der Waals surface area contributed by atoms with Crippen LogP contribution in [0.4, 0.5) is 0 Å². The van der Waals surface area contributed by atoms with Crippen LogP contribution in [0.15, 0.2) is 4.99 Å². The Labute approximate surface area is 167 Å². The largest absolute Gasteiger partial charge is 0.339 e. The van der Waals surface area contributed by atoms with Crippen molar-refractivity contribution in [3.63, 3.8) is 0 Å². The molecule has 27 heavy (non-hydrogen) atoms. The zero-order chi connectivity index (χ0) is 19.7. The van der Waals surface area contributed by atoms with Gasteiger partial charge in [0.15, 0.2) is 0 Å². The first-order chi connectivity index (χ1) is 13.2. The third-order valence-electron chi connectivity index (χ3n) is 5.26. The van der Waals surface area contributed by atoms with E-state index >= 15 is 0 Å². The molecule has 0 bridgehead atoms. The number of carbonyl (C=O) groups excluding carboxylic acids is 1. The van der Waals surface area contributed by atoms with Crippen molar-refractivity contribution >= 4 is 11.6 Å². The summed E-state index contributed by atoms with van der Waals surface area (Å²) in [5.41, 5.74) is 0.951. The molecule has 5 heteroatoms. The van der Waals surface area contributed by atoms with E-state index in [1.54, 1.807) is 0 Å². The Hall–Kier alpha value is -0.940. The van der Waals surface area contributed by atoms with Crippen molar-refractivity contribution in [2.24, 2.45) is 4.99 Å². The van der Waals surface area contributed by atoms with Gasteiger partial charge in [0, 0.05) is 31.9 Å². The van der Waals surface area contributed by atoms with Gasteiger partial charge in [0.2, 0.25) is 5.91 Å². The van der Waals surface area contributed by atoms with E-state index in [4.69, 9.17) is 4.84 Å². The first-order valence-electron chi connectivity index (χ1n) is 11.3. The molecule has 0 N–H and O–H groups in total. The molecule has 0 unspecified atom stereocenters. The van der Waals surface area contributed by atoms with Crippen molar-refractivity contribution in [2.45, 2.75) is 91.4 Å². The van der Waals surface area contributed by atoms with Crippen LogP contribution < -0.4 is 0 Å². The summed E-state index contributed by atoms with van der Waals surface area (Å²) < 4.78 is 0. The van der Waals surface area contributed by atoms with Gasteiger partial charge in [-0.25, -0.2) is 0 Å². The zero-order valence-electron chi connectivity index (χ0n) is 18.2. The molecule has 0 aromatic carbocycles. The molecule has 0 radical (unpaired) electrons. The van der Waals surface area contributed by atoms with Crippen molar-refractivity contribution < 1.29 is 9.63 Å². The molecule has 1 amide bonds. The van der Waals surface area contributed by atoms with Gasteiger partial charge in [0.1, 0.15) is 0 Å². The molecule has 0 saturated heterocycles. The lowest BCUT2D eigenvalue weighted by Gasteiger charge is -2.25. The van der Waals surface area contributed by atoms with Crippen molar-refractivity contribution in [3.8, 4) is 0 Å². The maximum absolute atomic E-state index is 12.2. The van der Waals surface area contributed by atoms with Crippen LogP contribution >= 0.6 is 0 Å². The van der Waals surface area contributed by atoms with Gasteiger partial charge >= 0.3 is 0 Å². The average Bonchev–Trinajstić information content (AvgIpc) is 2.82. The minimum Gasteiger partial charge on any atom is -0.339 e. The number of rotatable bonds is 16. The van der Waals surface area contributed by atoms with Gasteiger partial charge in [-0.15, -0.1) is 0 Å². The first kappa shape index (κ1) is 24.1. The predicted octanol–water partition coefficient (Wildman–Crippen LogP) is 4.85. The number of nitrogens with zero attached hydrogens (tertiary/aromatic N) is 3. The molecule has 1 aliphatic rings. The number of amides is 1. The molecule has 0 saturated carbocycles. The van der Waals surface area contributed by atoms with E-state index in [-0.39, 0.29) is 5.91 Å². The molecule has 0 aromatic heterocycles. The van der Waals surface area contributed by atoms with Crippen molar-refractivity contribution in [1.82, 2.24) is 9.96 Å². The van der Waals surface area contributed by atoms with Crippen molar-refractivity contribution in [2.75, 3.05) is 39.3 Å². The fourth-order valence-corrected chi connectivity index (χ4v) is 3.44. The molecule has 0 spiro atoms. The Kier molecular flexibility index (Phi) is 14.3. The van der Waals surface area contributed by atoms with Gasteiger partial charge in [0.05, 0.1) is 19.6 Å². The molecule has 158 valence electrons. The number of aliphatic imine (C=N–C) groups is 1. The van der Waals surface area contributed by atoms with Crippen LogP contribution in [0.2, 0.25) is 0 Å². The summed E-state index contributed by atoms with van der Waals surface area (Å²) in [5.74, 6) is 0.194. The van der Waals surface area contributed by atoms with Gasteiger partial charge in [-0.1, -0.05) is 71.6 Å². The quantitative estimate of drug-likeness (QED) is 0.283. The summed E-state index contributed by atoms with van der Waals surface area (Å²) >= 11 is 0. The lowest BCUT2D eigenvalue weighted by atomic mass is 10.1. The van der Waals surface area contributed by atoms with E-state index in [9.17, 15) is 4.79 Å². The van der Waals surface area contributed by atoms with Gasteiger partial charge in [-0.05, 0) is 13.3 Å². The van der Waals surface area contributed by atoms with E-state index < -0.39 is 0 Å². The Bertz CT molecular complexity index is 412. The standard InChI is InChI=1S/C22H43N3O2/c1-4-6-7-8-9-10-11-12-13-14-19-27-25(5-2)18-17-24-16-15-23-21(3)20-22(24)26/h4-20H2,1-3H3. The molecular weight excluding hydrogens is 338 g/mol. The van der Waals surface area contributed by atoms with Gasteiger partial charge in [-0.3, -0.25) is 14.6 Å². The van der Waals surface area contributed by atoms with Gasteiger partial charge in [-0.2, -0.15) is 5.06 Å². The SMILES string of the molecule is CCCCCCCCCCCCON(CC)CCN1CCN=C(C)CC1=O. The van der Waals surface area contributed by atoms with Crippen LogP contribution in [0.5, 0.6) is 0 Å². The third kappa shape index (κ3) is 12.2. The Balaban J connectivity index is 2.01. The summed E-state index contributed by atoms with van der Waals surface area (Å²) in [7, 11) is 0. The Morgan fingerprint density at radius 2 is 1.63 bits per heavy atom. The molecular formula is C22H43N3O2. The number of likely N-dealkylation sites (N-methyl/N-ethyl adjacent to an activating group) is 1.